The Balaban J connectivity index is 2.04. The number of imidazole rings is 1. The fourth-order valence-corrected chi connectivity index (χ4v) is 2.35. The van der Waals surface area contributed by atoms with Gasteiger partial charge in [-0.15, -0.1) is 11.3 Å². The molecule has 0 aliphatic heterocycles. The standard InChI is InChI=1S/C11H17N5S/c1-12-6-9-8-17-11(14-9)16(3)7-10-13-4-5-15(10)2/h4-5,8,12H,6-7H2,1-3H3. The molecule has 0 unspecified atom stereocenters. The lowest BCUT2D eigenvalue weighted by Gasteiger charge is -2.15. The molecule has 2 rings (SSSR count). The van der Waals surface area contributed by atoms with E-state index in [0.29, 0.717) is 0 Å². The Hall–Kier alpha value is -1.40. The van der Waals surface area contributed by atoms with E-state index in [0.717, 1.165) is 29.7 Å². The average Bonchev–Trinajstić information content (AvgIpc) is 2.90. The molecule has 0 amide bonds. The normalized spacial score (nSPS) is 10.8. The van der Waals surface area contributed by atoms with E-state index < -0.39 is 0 Å². The Morgan fingerprint density at radius 3 is 3.00 bits per heavy atom. The summed E-state index contributed by atoms with van der Waals surface area (Å²) in [6.45, 7) is 1.59. The molecule has 0 bridgehead atoms. The quantitative estimate of drug-likeness (QED) is 0.868. The maximum absolute atomic E-state index is 4.56. The molecule has 6 heteroatoms. The molecule has 5 nitrogen and oxygen atoms in total. The van der Waals surface area contributed by atoms with Crippen LogP contribution in [0, 0.1) is 0 Å². The number of nitrogens with zero attached hydrogens (tertiary/aromatic N) is 4. The van der Waals surface area contributed by atoms with Gasteiger partial charge in [0.2, 0.25) is 0 Å². The first-order valence-corrected chi connectivity index (χ1v) is 6.35. The summed E-state index contributed by atoms with van der Waals surface area (Å²) in [5.74, 6) is 1.04. The molecule has 0 aliphatic rings. The minimum atomic E-state index is 0.774. The van der Waals surface area contributed by atoms with Crippen molar-refractivity contribution in [1.29, 1.82) is 0 Å². The van der Waals surface area contributed by atoms with Gasteiger partial charge in [0.1, 0.15) is 5.82 Å². The third kappa shape index (κ3) is 2.83. The number of nitrogens with one attached hydrogen (secondary N) is 1. The summed E-state index contributed by atoms with van der Waals surface area (Å²) in [5, 5.41) is 6.21. The van der Waals surface area contributed by atoms with E-state index in [1.54, 1.807) is 11.3 Å². The van der Waals surface area contributed by atoms with E-state index in [9.17, 15) is 0 Å². The van der Waals surface area contributed by atoms with Crippen molar-refractivity contribution in [2.75, 3.05) is 19.0 Å². The molecule has 0 saturated carbocycles. The van der Waals surface area contributed by atoms with Crippen LogP contribution in [0.15, 0.2) is 17.8 Å². The van der Waals surface area contributed by atoms with Crippen molar-refractivity contribution >= 4 is 16.5 Å². The van der Waals surface area contributed by atoms with Crippen LogP contribution in [0.4, 0.5) is 5.13 Å². The number of rotatable bonds is 5. The van der Waals surface area contributed by atoms with Gasteiger partial charge in [0.05, 0.1) is 12.2 Å². The van der Waals surface area contributed by atoms with Crippen molar-refractivity contribution in [3.63, 3.8) is 0 Å². The van der Waals surface area contributed by atoms with Crippen molar-refractivity contribution in [3.05, 3.63) is 29.3 Å². The summed E-state index contributed by atoms with van der Waals surface area (Å²) in [4.78, 5) is 11.0. The number of thiazole rings is 1. The zero-order chi connectivity index (χ0) is 12.3. The van der Waals surface area contributed by atoms with E-state index in [4.69, 9.17) is 0 Å². The van der Waals surface area contributed by atoms with Crippen LogP contribution in [-0.2, 0) is 20.1 Å². The van der Waals surface area contributed by atoms with Crippen molar-refractivity contribution in [2.24, 2.45) is 7.05 Å². The van der Waals surface area contributed by atoms with Gasteiger partial charge in [-0.05, 0) is 7.05 Å². The van der Waals surface area contributed by atoms with Crippen LogP contribution in [0.5, 0.6) is 0 Å². The molecule has 92 valence electrons. The molecule has 0 aliphatic carbocycles. The Morgan fingerprint density at radius 2 is 2.35 bits per heavy atom. The highest BCUT2D eigenvalue weighted by molar-refractivity contribution is 7.13. The second-order valence-corrected chi connectivity index (χ2v) is 4.80. The predicted octanol–water partition coefficient (Wildman–Crippen LogP) is 1.23. The average molecular weight is 251 g/mol. The maximum atomic E-state index is 4.56. The second kappa shape index (κ2) is 5.29. The van der Waals surface area contributed by atoms with E-state index in [2.05, 4.69) is 25.6 Å². The number of hydrogen-bond acceptors (Lipinski definition) is 5. The lowest BCUT2D eigenvalue weighted by atomic mass is 10.5. The van der Waals surface area contributed by atoms with Crippen LogP contribution in [0.2, 0.25) is 0 Å². The van der Waals surface area contributed by atoms with Gasteiger partial charge in [0.25, 0.3) is 0 Å². The Bertz CT molecular complexity index is 476. The zero-order valence-electron chi connectivity index (χ0n) is 10.3. The van der Waals surface area contributed by atoms with Crippen LogP contribution < -0.4 is 10.2 Å². The van der Waals surface area contributed by atoms with Crippen LogP contribution in [-0.4, -0.2) is 28.6 Å². The van der Waals surface area contributed by atoms with Crippen LogP contribution in [0.25, 0.3) is 0 Å². The molecule has 0 saturated heterocycles. The summed E-state index contributed by atoms with van der Waals surface area (Å²) >= 11 is 1.66. The first-order chi connectivity index (χ1) is 8.20. The van der Waals surface area contributed by atoms with E-state index in [1.165, 1.54) is 0 Å². The lowest BCUT2D eigenvalue weighted by molar-refractivity contribution is 0.754. The Morgan fingerprint density at radius 1 is 1.53 bits per heavy atom. The monoisotopic (exact) mass is 251 g/mol. The second-order valence-electron chi connectivity index (χ2n) is 3.96. The van der Waals surface area contributed by atoms with Gasteiger partial charge in [-0.2, -0.15) is 0 Å². The fourth-order valence-electron chi connectivity index (χ4n) is 1.56. The third-order valence-corrected chi connectivity index (χ3v) is 3.53. The van der Waals surface area contributed by atoms with Crippen molar-refractivity contribution in [2.45, 2.75) is 13.1 Å². The minimum absolute atomic E-state index is 0.774. The molecule has 0 atom stereocenters. The molecular formula is C11H17N5S. The van der Waals surface area contributed by atoms with Crippen molar-refractivity contribution < 1.29 is 0 Å². The third-order valence-electron chi connectivity index (χ3n) is 2.52. The number of hydrogen-bond donors (Lipinski definition) is 1. The first-order valence-electron chi connectivity index (χ1n) is 5.47. The maximum Gasteiger partial charge on any atom is 0.185 e. The van der Waals surface area contributed by atoms with Gasteiger partial charge in [-0.3, -0.25) is 0 Å². The molecular weight excluding hydrogens is 234 g/mol. The van der Waals surface area contributed by atoms with E-state index in [1.807, 2.05) is 38.1 Å². The molecule has 0 spiro atoms. The summed E-state index contributed by atoms with van der Waals surface area (Å²) in [6, 6.07) is 0. The predicted molar refractivity (Wildman–Crippen MR) is 70.2 cm³/mol. The van der Waals surface area contributed by atoms with Crippen LogP contribution >= 0.6 is 11.3 Å². The topological polar surface area (TPSA) is 46.0 Å². The van der Waals surface area contributed by atoms with E-state index >= 15 is 0 Å². The summed E-state index contributed by atoms with van der Waals surface area (Å²) in [6.07, 6.45) is 3.77. The van der Waals surface area contributed by atoms with Crippen LogP contribution in [0.1, 0.15) is 11.5 Å². The number of aryl methyl sites for hydroxylation is 1. The van der Waals surface area contributed by atoms with Gasteiger partial charge in [0.15, 0.2) is 5.13 Å². The largest absolute Gasteiger partial charge is 0.344 e. The molecule has 0 aromatic carbocycles. The van der Waals surface area contributed by atoms with E-state index in [-0.39, 0.29) is 0 Å². The molecule has 17 heavy (non-hydrogen) atoms. The first kappa shape index (κ1) is 12.1. The zero-order valence-corrected chi connectivity index (χ0v) is 11.2. The molecule has 2 aromatic heterocycles. The molecule has 0 radical (unpaired) electrons. The Labute approximate surface area is 105 Å². The van der Waals surface area contributed by atoms with Gasteiger partial charge >= 0.3 is 0 Å². The van der Waals surface area contributed by atoms with Gasteiger partial charge < -0.3 is 14.8 Å². The highest BCUT2D eigenvalue weighted by Gasteiger charge is 2.09. The highest BCUT2D eigenvalue weighted by Crippen LogP contribution is 2.20. The number of aromatic nitrogens is 3. The van der Waals surface area contributed by atoms with Gasteiger partial charge in [-0.25, -0.2) is 9.97 Å². The van der Waals surface area contributed by atoms with Gasteiger partial charge in [0, 0.05) is 38.4 Å². The summed E-state index contributed by atoms with van der Waals surface area (Å²) < 4.78 is 2.03. The minimum Gasteiger partial charge on any atom is -0.344 e. The van der Waals surface area contributed by atoms with Crippen molar-refractivity contribution in [3.8, 4) is 0 Å². The molecule has 2 aromatic rings. The summed E-state index contributed by atoms with van der Waals surface area (Å²) in [5.41, 5.74) is 1.08. The lowest BCUT2D eigenvalue weighted by Crippen LogP contribution is -2.19. The van der Waals surface area contributed by atoms with Crippen LogP contribution in [0.3, 0.4) is 0 Å². The summed E-state index contributed by atoms with van der Waals surface area (Å²) in [7, 11) is 5.97. The van der Waals surface area contributed by atoms with Crippen molar-refractivity contribution in [1.82, 2.24) is 19.9 Å². The number of anilines is 1. The fraction of sp³-hybridized carbons (Fsp3) is 0.455. The molecule has 0 fully saturated rings. The molecule has 2 heterocycles. The molecule has 1 N–H and O–H groups in total. The Kier molecular flexibility index (Phi) is 3.75. The SMILES string of the molecule is CNCc1csc(N(C)Cc2nccn2C)n1. The highest BCUT2D eigenvalue weighted by atomic mass is 32.1. The smallest absolute Gasteiger partial charge is 0.185 e. The van der Waals surface area contributed by atoms with Gasteiger partial charge in [-0.1, -0.05) is 0 Å².